The molecule has 0 spiro atoms. The molecule has 3 aliphatic heterocycles. The van der Waals surface area contributed by atoms with Gasteiger partial charge in [-0.15, -0.1) is 12.4 Å². The van der Waals surface area contributed by atoms with Gasteiger partial charge in [-0.1, -0.05) is 6.92 Å². The summed E-state index contributed by atoms with van der Waals surface area (Å²) in [6.07, 6.45) is 7.06. The number of halogens is 1. The van der Waals surface area contributed by atoms with Gasteiger partial charge in [-0.05, 0) is 63.7 Å². The Morgan fingerprint density at radius 3 is 2.63 bits per heavy atom. The van der Waals surface area contributed by atoms with E-state index in [0.717, 1.165) is 6.04 Å². The Kier molecular flexibility index (Phi) is 5.53. The molecular formula is C15H30ClN3. The highest BCUT2D eigenvalue weighted by Crippen LogP contribution is 2.28. The lowest BCUT2D eigenvalue weighted by molar-refractivity contribution is 0.0854. The average Bonchev–Trinajstić information content (AvgIpc) is 3.01. The molecule has 3 nitrogen and oxygen atoms in total. The van der Waals surface area contributed by atoms with Crippen LogP contribution in [0.3, 0.4) is 0 Å². The van der Waals surface area contributed by atoms with Crippen LogP contribution in [0, 0.1) is 5.41 Å². The van der Waals surface area contributed by atoms with Crippen molar-refractivity contribution < 1.29 is 0 Å². The number of hydrogen-bond donors (Lipinski definition) is 1. The maximum atomic E-state index is 3.53. The van der Waals surface area contributed by atoms with Crippen LogP contribution in [-0.2, 0) is 0 Å². The molecule has 0 bridgehead atoms. The van der Waals surface area contributed by atoms with E-state index in [1.807, 2.05) is 0 Å². The third-order valence-corrected chi connectivity index (χ3v) is 5.20. The summed E-state index contributed by atoms with van der Waals surface area (Å²) in [6, 6.07) is 0.860. The van der Waals surface area contributed by atoms with Crippen molar-refractivity contribution in [2.45, 2.75) is 45.1 Å². The molecule has 3 saturated heterocycles. The molecule has 3 rings (SSSR count). The van der Waals surface area contributed by atoms with Crippen LogP contribution in [0.1, 0.15) is 39.0 Å². The van der Waals surface area contributed by atoms with Gasteiger partial charge in [0, 0.05) is 25.7 Å². The van der Waals surface area contributed by atoms with E-state index in [9.17, 15) is 0 Å². The average molecular weight is 288 g/mol. The van der Waals surface area contributed by atoms with Crippen LogP contribution in [0.2, 0.25) is 0 Å². The second-order valence-corrected chi connectivity index (χ2v) is 7.01. The van der Waals surface area contributed by atoms with E-state index in [1.54, 1.807) is 0 Å². The predicted molar refractivity (Wildman–Crippen MR) is 83.1 cm³/mol. The zero-order chi connectivity index (χ0) is 12.4. The molecule has 0 aromatic heterocycles. The van der Waals surface area contributed by atoms with Crippen LogP contribution in [0.15, 0.2) is 0 Å². The van der Waals surface area contributed by atoms with Gasteiger partial charge in [0.15, 0.2) is 0 Å². The monoisotopic (exact) mass is 287 g/mol. The van der Waals surface area contributed by atoms with Crippen molar-refractivity contribution in [2.24, 2.45) is 5.41 Å². The summed E-state index contributed by atoms with van der Waals surface area (Å²) in [6.45, 7) is 11.6. The smallest absolute Gasteiger partial charge is 0.0223 e. The number of hydrogen-bond acceptors (Lipinski definition) is 3. The Hall–Kier alpha value is 0.170. The lowest BCUT2D eigenvalue weighted by Gasteiger charge is -2.40. The summed E-state index contributed by atoms with van der Waals surface area (Å²) in [4.78, 5) is 5.50. The fourth-order valence-electron chi connectivity index (χ4n) is 4.12. The molecule has 0 amide bonds. The highest BCUT2D eigenvalue weighted by atomic mass is 35.5. The minimum absolute atomic E-state index is 0. The molecule has 2 atom stereocenters. The Bertz CT molecular complexity index is 273. The Labute approximate surface area is 124 Å². The Balaban J connectivity index is 0.00000133. The third-order valence-electron chi connectivity index (χ3n) is 5.20. The van der Waals surface area contributed by atoms with Gasteiger partial charge in [-0.2, -0.15) is 0 Å². The molecule has 112 valence electrons. The van der Waals surface area contributed by atoms with Gasteiger partial charge in [-0.25, -0.2) is 0 Å². The molecule has 3 aliphatic rings. The largest absolute Gasteiger partial charge is 0.316 e. The number of nitrogens with one attached hydrogen (secondary N) is 1. The first-order chi connectivity index (χ1) is 8.75. The highest BCUT2D eigenvalue weighted by molar-refractivity contribution is 5.85. The summed E-state index contributed by atoms with van der Waals surface area (Å²) in [5, 5.41) is 3.53. The number of likely N-dealkylation sites (tertiary alicyclic amines) is 2. The number of piperidine rings is 1. The first-order valence-electron chi connectivity index (χ1n) is 7.92. The fraction of sp³-hybridized carbons (Fsp3) is 1.00. The highest BCUT2D eigenvalue weighted by Gasteiger charge is 2.33. The van der Waals surface area contributed by atoms with Crippen molar-refractivity contribution in [1.82, 2.24) is 15.1 Å². The second-order valence-electron chi connectivity index (χ2n) is 7.01. The molecule has 2 unspecified atom stereocenters. The van der Waals surface area contributed by atoms with Crippen molar-refractivity contribution in [3.05, 3.63) is 0 Å². The zero-order valence-corrected chi connectivity index (χ0v) is 13.2. The van der Waals surface area contributed by atoms with E-state index in [1.165, 1.54) is 77.9 Å². The first kappa shape index (κ1) is 15.6. The van der Waals surface area contributed by atoms with Crippen LogP contribution in [-0.4, -0.2) is 61.7 Å². The molecule has 3 heterocycles. The minimum atomic E-state index is 0. The minimum Gasteiger partial charge on any atom is -0.316 e. The predicted octanol–water partition coefficient (Wildman–Crippen LogP) is 1.97. The topological polar surface area (TPSA) is 18.5 Å². The van der Waals surface area contributed by atoms with E-state index < -0.39 is 0 Å². The van der Waals surface area contributed by atoms with E-state index in [2.05, 4.69) is 22.0 Å². The zero-order valence-electron chi connectivity index (χ0n) is 12.4. The van der Waals surface area contributed by atoms with Crippen LogP contribution in [0.25, 0.3) is 0 Å². The Morgan fingerprint density at radius 2 is 1.95 bits per heavy atom. The molecular weight excluding hydrogens is 258 g/mol. The van der Waals surface area contributed by atoms with Gasteiger partial charge in [0.1, 0.15) is 0 Å². The van der Waals surface area contributed by atoms with E-state index >= 15 is 0 Å². The molecule has 0 aromatic rings. The first-order valence-corrected chi connectivity index (χ1v) is 7.92. The Morgan fingerprint density at radius 1 is 1.16 bits per heavy atom. The third kappa shape index (κ3) is 3.84. The van der Waals surface area contributed by atoms with Crippen molar-refractivity contribution in [1.29, 1.82) is 0 Å². The lowest BCUT2D eigenvalue weighted by atomic mass is 9.88. The van der Waals surface area contributed by atoms with Gasteiger partial charge in [0.05, 0.1) is 0 Å². The molecule has 4 heteroatoms. The van der Waals surface area contributed by atoms with Crippen LogP contribution < -0.4 is 5.32 Å². The van der Waals surface area contributed by atoms with E-state index in [4.69, 9.17) is 0 Å². The molecule has 0 radical (unpaired) electrons. The van der Waals surface area contributed by atoms with Crippen LogP contribution in [0.4, 0.5) is 0 Å². The van der Waals surface area contributed by atoms with E-state index in [-0.39, 0.29) is 12.4 Å². The van der Waals surface area contributed by atoms with Gasteiger partial charge >= 0.3 is 0 Å². The van der Waals surface area contributed by atoms with Crippen molar-refractivity contribution in [3.63, 3.8) is 0 Å². The summed E-state index contributed by atoms with van der Waals surface area (Å²) in [5.74, 6) is 0. The normalized spacial score (nSPS) is 37.4. The van der Waals surface area contributed by atoms with Crippen molar-refractivity contribution in [2.75, 3.05) is 45.8 Å². The summed E-state index contributed by atoms with van der Waals surface area (Å²) < 4.78 is 0. The van der Waals surface area contributed by atoms with Crippen molar-refractivity contribution >= 4 is 12.4 Å². The van der Waals surface area contributed by atoms with Crippen LogP contribution in [0.5, 0.6) is 0 Å². The fourth-order valence-corrected chi connectivity index (χ4v) is 4.12. The van der Waals surface area contributed by atoms with E-state index in [0.29, 0.717) is 5.41 Å². The SMILES string of the molecule is CC1(CN2CCCC(N3CCCC3)C2)CCNC1.Cl. The number of rotatable bonds is 3. The molecule has 0 aromatic carbocycles. The molecule has 0 saturated carbocycles. The van der Waals surface area contributed by atoms with Gasteiger partial charge < -0.3 is 10.2 Å². The summed E-state index contributed by atoms with van der Waals surface area (Å²) in [7, 11) is 0. The lowest BCUT2D eigenvalue weighted by Crippen LogP contribution is -2.49. The molecule has 3 fully saturated rings. The molecule has 1 N–H and O–H groups in total. The van der Waals surface area contributed by atoms with Gasteiger partial charge in [-0.3, -0.25) is 4.90 Å². The number of nitrogens with zero attached hydrogens (tertiary/aromatic N) is 2. The van der Waals surface area contributed by atoms with Gasteiger partial charge in [0.25, 0.3) is 0 Å². The maximum Gasteiger partial charge on any atom is 0.0223 e. The van der Waals surface area contributed by atoms with Crippen LogP contribution >= 0.6 is 12.4 Å². The molecule has 19 heavy (non-hydrogen) atoms. The van der Waals surface area contributed by atoms with Crippen molar-refractivity contribution in [3.8, 4) is 0 Å². The quantitative estimate of drug-likeness (QED) is 0.856. The standard InChI is InChI=1S/C15H29N3.ClH/c1-15(6-7-16-12-15)13-17-8-4-5-14(11-17)18-9-2-3-10-18;/h14,16H,2-13H2,1H3;1H. The maximum absolute atomic E-state index is 3.53. The van der Waals surface area contributed by atoms with Gasteiger partial charge in [0.2, 0.25) is 0 Å². The molecule has 0 aliphatic carbocycles. The summed E-state index contributed by atoms with van der Waals surface area (Å²) >= 11 is 0. The second kappa shape index (κ2) is 6.75. The summed E-state index contributed by atoms with van der Waals surface area (Å²) in [5.41, 5.74) is 0.535.